The fourth-order valence-electron chi connectivity index (χ4n) is 1.38. The second kappa shape index (κ2) is 3.05. The molecule has 0 spiro atoms. The van der Waals surface area contributed by atoms with Crippen molar-refractivity contribution in [1.82, 2.24) is 4.98 Å². The lowest BCUT2D eigenvalue weighted by Gasteiger charge is -2.02. The lowest BCUT2D eigenvalue weighted by atomic mass is 10.2. The van der Waals surface area contributed by atoms with E-state index in [0.29, 0.717) is 0 Å². The van der Waals surface area contributed by atoms with Gasteiger partial charge in [0.1, 0.15) is 0 Å². The van der Waals surface area contributed by atoms with Crippen molar-refractivity contribution in [2.75, 3.05) is 12.4 Å². The van der Waals surface area contributed by atoms with Crippen molar-refractivity contribution in [3.63, 3.8) is 0 Å². The zero-order valence-electron chi connectivity index (χ0n) is 7.83. The number of hydrogen-bond donors (Lipinski definition) is 1. The van der Waals surface area contributed by atoms with E-state index in [1.807, 2.05) is 32.2 Å². The van der Waals surface area contributed by atoms with Crippen molar-refractivity contribution >= 4 is 16.6 Å². The summed E-state index contributed by atoms with van der Waals surface area (Å²) in [6, 6.07) is 10.3. The summed E-state index contributed by atoms with van der Waals surface area (Å²) in [5, 5.41) is 4.28. The molecule has 0 radical (unpaired) electrons. The number of anilines is 1. The van der Waals surface area contributed by atoms with E-state index in [1.54, 1.807) is 0 Å². The molecule has 0 amide bonds. The van der Waals surface area contributed by atoms with E-state index < -0.39 is 0 Å². The van der Waals surface area contributed by atoms with E-state index in [2.05, 4.69) is 22.4 Å². The quantitative estimate of drug-likeness (QED) is 0.715. The molecule has 0 aliphatic heterocycles. The largest absolute Gasteiger partial charge is 0.388 e. The first kappa shape index (κ1) is 8.05. The molecule has 66 valence electrons. The standard InChI is InChI=1S/C11H12N2/c1-8-3-4-9-7-10(12-2)5-6-11(9)13-8/h3-7,12H,1-2H3. The number of hydrogen-bond acceptors (Lipinski definition) is 2. The van der Waals surface area contributed by atoms with Crippen LogP contribution in [0, 0.1) is 6.92 Å². The molecule has 0 atom stereocenters. The fraction of sp³-hybridized carbons (Fsp3) is 0.182. The average molecular weight is 172 g/mol. The summed E-state index contributed by atoms with van der Waals surface area (Å²) in [5.41, 5.74) is 3.24. The molecule has 1 N–H and O–H groups in total. The van der Waals surface area contributed by atoms with Crippen molar-refractivity contribution in [3.05, 3.63) is 36.0 Å². The van der Waals surface area contributed by atoms with Crippen LogP contribution >= 0.6 is 0 Å². The van der Waals surface area contributed by atoms with Crippen LogP contribution in [0.25, 0.3) is 10.9 Å². The highest BCUT2D eigenvalue weighted by Gasteiger charge is 1.95. The SMILES string of the molecule is CNc1ccc2nc(C)ccc2c1. The Labute approximate surface area is 77.6 Å². The molecule has 1 aromatic heterocycles. The number of benzene rings is 1. The third-order valence-electron chi connectivity index (χ3n) is 2.12. The lowest BCUT2D eigenvalue weighted by molar-refractivity contribution is 1.26. The number of nitrogens with zero attached hydrogens (tertiary/aromatic N) is 1. The van der Waals surface area contributed by atoms with E-state index in [-0.39, 0.29) is 0 Å². The van der Waals surface area contributed by atoms with Gasteiger partial charge in [0, 0.05) is 23.8 Å². The first-order chi connectivity index (χ1) is 6.29. The Bertz CT molecular complexity index is 435. The smallest absolute Gasteiger partial charge is 0.0706 e. The molecule has 13 heavy (non-hydrogen) atoms. The Kier molecular flexibility index (Phi) is 1.89. The van der Waals surface area contributed by atoms with Crippen molar-refractivity contribution in [3.8, 4) is 0 Å². The normalized spacial score (nSPS) is 10.3. The summed E-state index contributed by atoms with van der Waals surface area (Å²) in [5.74, 6) is 0. The fourth-order valence-corrected chi connectivity index (χ4v) is 1.38. The molecule has 2 aromatic rings. The summed E-state index contributed by atoms with van der Waals surface area (Å²) in [4.78, 5) is 4.42. The summed E-state index contributed by atoms with van der Waals surface area (Å²) in [7, 11) is 1.92. The van der Waals surface area contributed by atoms with Crippen molar-refractivity contribution < 1.29 is 0 Å². The molecule has 0 aliphatic carbocycles. The Hall–Kier alpha value is -1.57. The number of aryl methyl sites for hydroxylation is 1. The van der Waals surface area contributed by atoms with Gasteiger partial charge in [-0.15, -0.1) is 0 Å². The van der Waals surface area contributed by atoms with Crippen LogP contribution in [0.1, 0.15) is 5.69 Å². The molecule has 0 aliphatic rings. The van der Waals surface area contributed by atoms with E-state index in [1.165, 1.54) is 5.39 Å². The molecule has 2 rings (SSSR count). The number of nitrogens with one attached hydrogen (secondary N) is 1. The summed E-state index contributed by atoms with van der Waals surface area (Å²) < 4.78 is 0. The predicted octanol–water partition coefficient (Wildman–Crippen LogP) is 2.58. The zero-order valence-corrected chi connectivity index (χ0v) is 7.83. The van der Waals surface area contributed by atoms with Crippen LogP contribution in [0.2, 0.25) is 0 Å². The second-order valence-electron chi connectivity index (χ2n) is 3.11. The minimum atomic E-state index is 1.05. The summed E-state index contributed by atoms with van der Waals surface area (Å²) in [6.07, 6.45) is 0. The van der Waals surface area contributed by atoms with Gasteiger partial charge in [-0.2, -0.15) is 0 Å². The van der Waals surface area contributed by atoms with E-state index >= 15 is 0 Å². The van der Waals surface area contributed by atoms with Gasteiger partial charge in [0.25, 0.3) is 0 Å². The number of fused-ring (bicyclic) bond motifs is 1. The maximum Gasteiger partial charge on any atom is 0.0706 e. The minimum Gasteiger partial charge on any atom is -0.388 e. The van der Waals surface area contributed by atoms with E-state index in [0.717, 1.165) is 16.9 Å². The van der Waals surface area contributed by atoms with Gasteiger partial charge in [0.2, 0.25) is 0 Å². The highest BCUT2D eigenvalue weighted by atomic mass is 14.8. The Morgan fingerprint density at radius 1 is 1.15 bits per heavy atom. The topological polar surface area (TPSA) is 24.9 Å². The van der Waals surface area contributed by atoms with Gasteiger partial charge >= 0.3 is 0 Å². The molecule has 2 nitrogen and oxygen atoms in total. The number of aromatic nitrogens is 1. The first-order valence-electron chi connectivity index (χ1n) is 4.35. The van der Waals surface area contributed by atoms with E-state index in [4.69, 9.17) is 0 Å². The Morgan fingerprint density at radius 3 is 2.77 bits per heavy atom. The second-order valence-corrected chi connectivity index (χ2v) is 3.11. The molecular weight excluding hydrogens is 160 g/mol. The van der Waals surface area contributed by atoms with Crippen molar-refractivity contribution in [1.29, 1.82) is 0 Å². The average Bonchev–Trinajstić information content (AvgIpc) is 2.17. The van der Waals surface area contributed by atoms with Crippen LogP contribution in [0.4, 0.5) is 5.69 Å². The molecule has 0 saturated heterocycles. The molecular formula is C11H12N2. The molecule has 0 unspecified atom stereocenters. The number of pyridine rings is 1. The molecule has 1 aromatic carbocycles. The Morgan fingerprint density at radius 2 is 2.00 bits per heavy atom. The van der Waals surface area contributed by atoms with Gasteiger partial charge in [0.05, 0.1) is 5.52 Å². The maximum absolute atomic E-state index is 4.42. The van der Waals surface area contributed by atoms with Gasteiger partial charge in [-0.1, -0.05) is 6.07 Å². The summed E-state index contributed by atoms with van der Waals surface area (Å²) in [6.45, 7) is 2.01. The van der Waals surface area contributed by atoms with Crippen LogP contribution < -0.4 is 5.32 Å². The van der Waals surface area contributed by atoms with Crippen molar-refractivity contribution in [2.45, 2.75) is 6.92 Å². The van der Waals surface area contributed by atoms with E-state index in [9.17, 15) is 0 Å². The third kappa shape index (κ3) is 1.47. The molecule has 0 fully saturated rings. The van der Waals surface area contributed by atoms with Gasteiger partial charge in [-0.25, -0.2) is 0 Å². The highest BCUT2D eigenvalue weighted by molar-refractivity contribution is 5.82. The van der Waals surface area contributed by atoms with Crippen LogP contribution in [-0.4, -0.2) is 12.0 Å². The molecule has 0 saturated carbocycles. The van der Waals surface area contributed by atoms with Gasteiger partial charge in [0.15, 0.2) is 0 Å². The maximum atomic E-state index is 4.42. The lowest BCUT2D eigenvalue weighted by Crippen LogP contribution is -1.88. The monoisotopic (exact) mass is 172 g/mol. The predicted molar refractivity (Wildman–Crippen MR) is 56.0 cm³/mol. The van der Waals surface area contributed by atoms with Crippen LogP contribution in [0.3, 0.4) is 0 Å². The Balaban J connectivity index is 2.66. The summed E-state index contributed by atoms with van der Waals surface area (Å²) >= 11 is 0. The molecule has 1 heterocycles. The number of rotatable bonds is 1. The molecule has 0 bridgehead atoms. The zero-order chi connectivity index (χ0) is 9.26. The van der Waals surface area contributed by atoms with Crippen molar-refractivity contribution in [2.24, 2.45) is 0 Å². The van der Waals surface area contributed by atoms with Crippen LogP contribution in [0.5, 0.6) is 0 Å². The van der Waals surface area contributed by atoms with Gasteiger partial charge < -0.3 is 5.32 Å². The third-order valence-corrected chi connectivity index (χ3v) is 2.12. The minimum absolute atomic E-state index is 1.05. The molecule has 2 heteroatoms. The van der Waals surface area contributed by atoms with Crippen LogP contribution in [0.15, 0.2) is 30.3 Å². The highest BCUT2D eigenvalue weighted by Crippen LogP contribution is 2.17. The van der Waals surface area contributed by atoms with Gasteiger partial charge in [-0.3, -0.25) is 4.98 Å². The van der Waals surface area contributed by atoms with Crippen LogP contribution in [-0.2, 0) is 0 Å². The first-order valence-corrected chi connectivity index (χ1v) is 4.35. The van der Waals surface area contributed by atoms with Gasteiger partial charge in [-0.05, 0) is 31.2 Å².